The average Bonchev–Trinajstić information content (AvgIpc) is 2.46. The van der Waals surface area contributed by atoms with Gasteiger partial charge in [-0.3, -0.25) is 0 Å². The fraction of sp³-hybridized carbons (Fsp3) is 0.533. The van der Waals surface area contributed by atoms with E-state index < -0.39 is 0 Å². The van der Waals surface area contributed by atoms with Crippen LogP contribution in [-0.4, -0.2) is 37.4 Å². The first kappa shape index (κ1) is 16.5. The van der Waals surface area contributed by atoms with Crippen LogP contribution < -0.4 is 10.6 Å². The molecular weight excluding hydrogens is 256 g/mol. The van der Waals surface area contributed by atoms with Crippen molar-refractivity contribution in [2.75, 3.05) is 26.3 Å². The van der Waals surface area contributed by atoms with Gasteiger partial charge in [0, 0.05) is 13.1 Å². The van der Waals surface area contributed by atoms with Crippen LogP contribution in [0.15, 0.2) is 24.3 Å². The van der Waals surface area contributed by atoms with Crippen molar-refractivity contribution in [1.29, 1.82) is 0 Å². The van der Waals surface area contributed by atoms with Crippen molar-refractivity contribution < 1.29 is 14.6 Å². The Kier molecular flexibility index (Phi) is 7.69. The Morgan fingerprint density at radius 1 is 1.30 bits per heavy atom. The van der Waals surface area contributed by atoms with Gasteiger partial charge < -0.3 is 20.5 Å². The van der Waals surface area contributed by atoms with Crippen molar-refractivity contribution in [2.24, 2.45) is 0 Å². The summed E-state index contributed by atoms with van der Waals surface area (Å²) in [6.45, 7) is 5.25. The van der Waals surface area contributed by atoms with E-state index >= 15 is 0 Å². The van der Waals surface area contributed by atoms with Gasteiger partial charge in [-0.05, 0) is 18.9 Å². The van der Waals surface area contributed by atoms with E-state index in [0.29, 0.717) is 13.1 Å². The molecule has 0 radical (unpaired) electrons. The van der Waals surface area contributed by atoms with Gasteiger partial charge in [0.25, 0.3) is 0 Å². The lowest BCUT2D eigenvalue weighted by molar-refractivity contribution is 0.0294. The highest BCUT2D eigenvalue weighted by Crippen LogP contribution is 2.17. The molecule has 0 saturated carbocycles. The molecular formula is C15H24N2O3. The molecule has 5 heteroatoms. The van der Waals surface area contributed by atoms with Gasteiger partial charge in [-0.2, -0.15) is 0 Å². The molecule has 3 N–H and O–H groups in total. The molecule has 112 valence electrons. The van der Waals surface area contributed by atoms with Crippen molar-refractivity contribution in [3.8, 4) is 0 Å². The van der Waals surface area contributed by atoms with Crippen LogP contribution in [0.2, 0.25) is 0 Å². The number of nitrogens with one attached hydrogen (secondary N) is 2. The number of urea groups is 1. The van der Waals surface area contributed by atoms with E-state index in [9.17, 15) is 4.79 Å². The zero-order valence-corrected chi connectivity index (χ0v) is 12.2. The van der Waals surface area contributed by atoms with E-state index in [-0.39, 0.29) is 25.3 Å². The van der Waals surface area contributed by atoms with E-state index in [0.717, 1.165) is 12.0 Å². The molecule has 0 aliphatic heterocycles. The third-order valence-corrected chi connectivity index (χ3v) is 2.84. The molecule has 1 rings (SSSR count). The standard InChI is InChI=1S/C15H24N2O3/c1-3-8-16-15(19)17-11-14(20-10-9-18)13-6-4-12(2)5-7-13/h4-7,14,18H,3,8-11H2,1-2H3,(H2,16,17,19). The first-order valence-electron chi connectivity index (χ1n) is 6.98. The highest BCUT2D eigenvalue weighted by Gasteiger charge is 2.13. The molecule has 0 spiro atoms. The van der Waals surface area contributed by atoms with Crippen LogP contribution in [0.25, 0.3) is 0 Å². The monoisotopic (exact) mass is 280 g/mol. The molecule has 20 heavy (non-hydrogen) atoms. The quantitative estimate of drug-likeness (QED) is 0.679. The molecule has 0 saturated heterocycles. The smallest absolute Gasteiger partial charge is 0.314 e. The minimum Gasteiger partial charge on any atom is -0.394 e. The molecule has 2 amide bonds. The molecule has 1 atom stereocenters. The fourth-order valence-corrected chi connectivity index (χ4v) is 1.74. The second kappa shape index (κ2) is 9.34. The van der Waals surface area contributed by atoms with Gasteiger partial charge in [-0.25, -0.2) is 4.79 Å². The number of ether oxygens (including phenoxy) is 1. The van der Waals surface area contributed by atoms with Gasteiger partial charge in [0.05, 0.1) is 19.3 Å². The Bertz CT molecular complexity index is 393. The largest absolute Gasteiger partial charge is 0.394 e. The molecule has 0 aliphatic carbocycles. The molecule has 5 nitrogen and oxygen atoms in total. The van der Waals surface area contributed by atoms with E-state index in [1.165, 1.54) is 5.56 Å². The number of aryl methyl sites for hydroxylation is 1. The summed E-state index contributed by atoms with van der Waals surface area (Å²) >= 11 is 0. The normalized spacial score (nSPS) is 11.9. The number of hydrogen-bond donors (Lipinski definition) is 3. The molecule has 0 fully saturated rings. The van der Waals surface area contributed by atoms with Gasteiger partial charge in [0.15, 0.2) is 0 Å². The zero-order valence-electron chi connectivity index (χ0n) is 12.2. The number of carbonyl (C=O) groups excluding carboxylic acids is 1. The molecule has 1 aromatic rings. The molecule has 1 aromatic carbocycles. The minimum atomic E-state index is -0.255. The van der Waals surface area contributed by atoms with Gasteiger partial charge >= 0.3 is 6.03 Å². The zero-order chi connectivity index (χ0) is 14.8. The van der Waals surface area contributed by atoms with Gasteiger partial charge in [0.2, 0.25) is 0 Å². The van der Waals surface area contributed by atoms with E-state index in [4.69, 9.17) is 9.84 Å². The van der Waals surface area contributed by atoms with Crippen LogP contribution in [0.1, 0.15) is 30.6 Å². The maximum atomic E-state index is 11.5. The number of carbonyl (C=O) groups is 1. The van der Waals surface area contributed by atoms with Crippen LogP contribution >= 0.6 is 0 Å². The molecule has 0 heterocycles. The SMILES string of the molecule is CCCNC(=O)NCC(OCCO)c1ccc(C)cc1. The number of hydrogen-bond acceptors (Lipinski definition) is 3. The summed E-state index contributed by atoms with van der Waals surface area (Å²) in [7, 11) is 0. The second-order valence-electron chi connectivity index (χ2n) is 4.63. The molecule has 0 aromatic heterocycles. The maximum absolute atomic E-state index is 11.5. The Balaban J connectivity index is 2.55. The lowest BCUT2D eigenvalue weighted by Crippen LogP contribution is -2.38. The second-order valence-corrected chi connectivity index (χ2v) is 4.63. The summed E-state index contributed by atoms with van der Waals surface area (Å²) in [6, 6.07) is 7.76. The van der Waals surface area contributed by atoms with Crippen LogP contribution in [0.4, 0.5) is 4.79 Å². The van der Waals surface area contributed by atoms with Crippen molar-refractivity contribution in [1.82, 2.24) is 10.6 Å². The molecule has 0 aliphatic rings. The van der Waals surface area contributed by atoms with E-state index in [2.05, 4.69) is 10.6 Å². The number of benzene rings is 1. The number of amides is 2. The summed E-state index contributed by atoms with van der Waals surface area (Å²) in [4.78, 5) is 11.5. The van der Waals surface area contributed by atoms with Gasteiger partial charge in [-0.15, -0.1) is 0 Å². The van der Waals surface area contributed by atoms with Crippen molar-refractivity contribution in [3.63, 3.8) is 0 Å². The van der Waals surface area contributed by atoms with E-state index in [1.54, 1.807) is 0 Å². The van der Waals surface area contributed by atoms with Crippen molar-refractivity contribution in [3.05, 3.63) is 35.4 Å². The van der Waals surface area contributed by atoms with Crippen LogP contribution in [0, 0.1) is 6.92 Å². The Morgan fingerprint density at radius 3 is 2.60 bits per heavy atom. The predicted octanol–water partition coefficient (Wildman–Crippen LogP) is 1.75. The number of aliphatic hydroxyl groups is 1. The van der Waals surface area contributed by atoms with Crippen molar-refractivity contribution >= 4 is 6.03 Å². The lowest BCUT2D eigenvalue weighted by atomic mass is 10.1. The summed E-state index contributed by atoms with van der Waals surface area (Å²) < 4.78 is 5.58. The van der Waals surface area contributed by atoms with Crippen LogP contribution in [-0.2, 0) is 4.74 Å². The highest BCUT2D eigenvalue weighted by molar-refractivity contribution is 5.73. The summed E-state index contributed by atoms with van der Waals surface area (Å²) in [5.41, 5.74) is 2.16. The molecule has 1 unspecified atom stereocenters. The number of rotatable bonds is 8. The third kappa shape index (κ3) is 6.04. The summed E-state index contributed by atoms with van der Waals surface area (Å²) in [5.74, 6) is 0. The first-order valence-corrected chi connectivity index (χ1v) is 6.98. The van der Waals surface area contributed by atoms with E-state index in [1.807, 2.05) is 38.1 Å². The minimum absolute atomic E-state index is 0.0373. The topological polar surface area (TPSA) is 70.6 Å². The Labute approximate surface area is 120 Å². The predicted molar refractivity (Wildman–Crippen MR) is 78.7 cm³/mol. The van der Waals surface area contributed by atoms with Gasteiger partial charge in [0.1, 0.15) is 0 Å². The Hall–Kier alpha value is -1.59. The first-order chi connectivity index (χ1) is 9.67. The third-order valence-electron chi connectivity index (χ3n) is 2.84. The lowest BCUT2D eigenvalue weighted by Gasteiger charge is -2.19. The van der Waals surface area contributed by atoms with Gasteiger partial charge in [-0.1, -0.05) is 36.8 Å². The maximum Gasteiger partial charge on any atom is 0.314 e. The summed E-state index contributed by atoms with van der Waals surface area (Å²) in [6.07, 6.45) is 0.644. The highest BCUT2D eigenvalue weighted by atomic mass is 16.5. The Morgan fingerprint density at radius 2 is 2.00 bits per heavy atom. The average molecular weight is 280 g/mol. The van der Waals surface area contributed by atoms with Crippen LogP contribution in [0.5, 0.6) is 0 Å². The van der Waals surface area contributed by atoms with Crippen molar-refractivity contribution in [2.45, 2.75) is 26.4 Å². The number of aliphatic hydroxyl groups excluding tert-OH is 1. The van der Waals surface area contributed by atoms with Crippen LogP contribution in [0.3, 0.4) is 0 Å². The molecule has 0 bridgehead atoms. The summed E-state index contributed by atoms with van der Waals surface area (Å²) in [5, 5.41) is 14.4. The fourth-order valence-electron chi connectivity index (χ4n) is 1.74.